The zero-order valence-corrected chi connectivity index (χ0v) is 24.5. The molecule has 3 heterocycles. The molecule has 0 radical (unpaired) electrons. The van der Waals surface area contributed by atoms with Crippen molar-refractivity contribution in [2.24, 2.45) is 0 Å². The second-order valence-electron chi connectivity index (χ2n) is 9.94. The monoisotopic (exact) mass is 621 g/mol. The van der Waals surface area contributed by atoms with E-state index in [0.717, 1.165) is 10.5 Å². The topological polar surface area (TPSA) is 145 Å². The first kappa shape index (κ1) is 29.9. The van der Waals surface area contributed by atoms with Crippen molar-refractivity contribution in [3.63, 3.8) is 0 Å². The van der Waals surface area contributed by atoms with Gasteiger partial charge < -0.3 is 15.5 Å². The van der Waals surface area contributed by atoms with Crippen molar-refractivity contribution in [2.75, 3.05) is 24.3 Å². The Bertz CT molecular complexity index is 1560. The Morgan fingerprint density at radius 3 is 2.51 bits per heavy atom. The summed E-state index contributed by atoms with van der Waals surface area (Å²) in [4.78, 5) is 80.0. The van der Waals surface area contributed by atoms with Crippen molar-refractivity contribution in [1.29, 1.82) is 0 Å². The van der Waals surface area contributed by atoms with Gasteiger partial charge in [0.1, 0.15) is 18.0 Å². The largest absolute Gasteiger partial charge is 0.383 e. The van der Waals surface area contributed by atoms with Gasteiger partial charge in [-0.15, -0.1) is 22.9 Å². The third-order valence-electron chi connectivity index (χ3n) is 7.25. The summed E-state index contributed by atoms with van der Waals surface area (Å²) in [6, 6.07) is 15.7. The van der Waals surface area contributed by atoms with E-state index in [9.17, 15) is 28.8 Å². The predicted octanol–water partition coefficient (Wildman–Crippen LogP) is 2.69. The summed E-state index contributed by atoms with van der Waals surface area (Å²) in [5.41, 5.74) is 1.47. The number of anilines is 1. The lowest BCUT2D eigenvalue weighted by molar-refractivity contribution is -0.138. The Labute approximate surface area is 256 Å². The fourth-order valence-corrected chi connectivity index (χ4v) is 6.19. The summed E-state index contributed by atoms with van der Waals surface area (Å²) < 4.78 is 0. The van der Waals surface area contributed by atoms with E-state index in [0.29, 0.717) is 10.6 Å². The molecule has 2 aliphatic heterocycles. The lowest BCUT2D eigenvalue weighted by Crippen LogP contribution is -2.54. The highest BCUT2D eigenvalue weighted by Gasteiger charge is 2.45. The zero-order valence-electron chi connectivity index (χ0n) is 22.9. The Morgan fingerprint density at radius 1 is 1.02 bits per heavy atom. The second kappa shape index (κ2) is 13.2. The molecule has 222 valence electrons. The molecule has 11 nitrogen and oxygen atoms in total. The number of hydrogen-bond donors (Lipinski definition) is 3. The quantitative estimate of drug-likeness (QED) is 0.220. The molecular weight excluding hydrogens is 594 g/mol. The molecular formula is C30H28ClN5O6S. The third-order valence-corrected chi connectivity index (χ3v) is 8.41. The molecule has 2 aromatic carbocycles. The molecule has 1 aromatic heterocycles. The van der Waals surface area contributed by atoms with Gasteiger partial charge in [-0.25, -0.2) is 0 Å². The Morgan fingerprint density at radius 2 is 1.81 bits per heavy atom. The van der Waals surface area contributed by atoms with Crippen LogP contribution < -0.4 is 16.0 Å². The number of benzene rings is 2. The van der Waals surface area contributed by atoms with Crippen LogP contribution in [0.15, 0.2) is 66.0 Å². The summed E-state index contributed by atoms with van der Waals surface area (Å²) >= 11 is 7.31. The van der Waals surface area contributed by atoms with Crippen molar-refractivity contribution in [1.82, 2.24) is 20.4 Å². The highest BCUT2D eigenvalue weighted by Crippen LogP contribution is 2.32. The highest BCUT2D eigenvalue weighted by atomic mass is 35.5. The average molecular weight is 622 g/mol. The van der Waals surface area contributed by atoms with E-state index >= 15 is 0 Å². The number of nitrogens with one attached hydrogen (secondary N) is 3. The lowest BCUT2D eigenvalue weighted by Gasteiger charge is -2.30. The average Bonchev–Trinajstić information content (AvgIpc) is 3.63. The number of fused-ring (bicyclic) bond motifs is 1. The van der Waals surface area contributed by atoms with Crippen LogP contribution in [0.3, 0.4) is 0 Å². The molecule has 1 saturated heterocycles. The Balaban J connectivity index is 1.33. The predicted molar refractivity (Wildman–Crippen MR) is 159 cm³/mol. The summed E-state index contributed by atoms with van der Waals surface area (Å²) in [6.07, 6.45) is 0.0640. The van der Waals surface area contributed by atoms with Crippen molar-refractivity contribution in [3.8, 4) is 0 Å². The summed E-state index contributed by atoms with van der Waals surface area (Å²) in [6.45, 7) is 0.445. The van der Waals surface area contributed by atoms with Gasteiger partial charge in [0, 0.05) is 36.6 Å². The normalized spacial score (nSPS) is 16.9. The third kappa shape index (κ3) is 6.30. The number of thiophene rings is 1. The number of alkyl halides is 1. The van der Waals surface area contributed by atoms with Crippen molar-refractivity contribution in [3.05, 3.63) is 87.6 Å². The minimum absolute atomic E-state index is 0.0175. The van der Waals surface area contributed by atoms with Gasteiger partial charge in [0.25, 0.3) is 11.8 Å². The zero-order chi connectivity index (χ0) is 30.5. The summed E-state index contributed by atoms with van der Waals surface area (Å²) in [5, 5.41) is 10.0. The van der Waals surface area contributed by atoms with Gasteiger partial charge in [-0.1, -0.05) is 42.5 Å². The Hall–Kier alpha value is -4.55. The SMILES string of the molecule is O=C1CCC(N2C(=O)c3cccc(NCCN(C(=O)CCl)C(C(=O)NCc4ccccc4)c4cccs4)c3C2=O)C(=O)N1. The second-order valence-corrected chi connectivity index (χ2v) is 11.2. The first-order valence-corrected chi connectivity index (χ1v) is 15.0. The Kier molecular flexibility index (Phi) is 9.17. The smallest absolute Gasteiger partial charge is 0.264 e. The van der Waals surface area contributed by atoms with Crippen LogP contribution in [0.2, 0.25) is 0 Å². The van der Waals surface area contributed by atoms with E-state index in [1.165, 1.54) is 22.3 Å². The summed E-state index contributed by atoms with van der Waals surface area (Å²) in [7, 11) is 0. The van der Waals surface area contributed by atoms with Gasteiger partial charge in [-0.2, -0.15) is 0 Å². The highest BCUT2D eigenvalue weighted by molar-refractivity contribution is 7.10. The van der Waals surface area contributed by atoms with Crippen LogP contribution in [0.4, 0.5) is 5.69 Å². The molecule has 2 aliphatic rings. The maximum atomic E-state index is 13.5. The van der Waals surface area contributed by atoms with Crippen molar-refractivity contribution >= 4 is 64.1 Å². The minimum atomic E-state index is -1.09. The van der Waals surface area contributed by atoms with Crippen LogP contribution in [0.25, 0.3) is 0 Å². The molecule has 0 aliphatic carbocycles. The number of carbonyl (C=O) groups is 6. The number of amides is 6. The van der Waals surface area contributed by atoms with Crippen LogP contribution >= 0.6 is 22.9 Å². The molecule has 3 N–H and O–H groups in total. The van der Waals surface area contributed by atoms with E-state index in [4.69, 9.17) is 11.6 Å². The molecule has 0 saturated carbocycles. The van der Waals surface area contributed by atoms with Crippen LogP contribution in [0.1, 0.15) is 50.0 Å². The number of imide groups is 2. The van der Waals surface area contributed by atoms with Gasteiger partial charge in [-0.05, 0) is 35.6 Å². The van der Waals surface area contributed by atoms with Gasteiger partial charge in [0.05, 0.1) is 11.1 Å². The van der Waals surface area contributed by atoms with E-state index in [-0.39, 0.29) is 55.4 Å². The van der Waals surface area contributed by atoms with Crippen LogP contribution in [-0.4, -0.2) is 70.3 Å². The molecule has 6 amide bonds. The fraction of sp³-hybridized carbons (Fsp3) is 0.267. The summed E-state index contributed by atoms with van der Waals surface area (Å²) in [5.74, 6) is -3.58. The maximum Gasteiger partial charge on any atom is 0.264 e. The molecule has 2 unspecified atom stereocenters. The first-order valence-electron chi connectivity index (χ1n) is 13.6. The molecule has 5 rings (SSSR count). The maximum absolute atomic E-state index is 13.5. The van der Waals surface area contributed by atoms with Crippen molar-refractivity contribution < 1.29 is 28.8 Å². The van der Waals surface area contributed by atoms with Gasteiger partial charge in [0.15, 0.2) is 0 Å². The number of rotatable bonds is 11. The number of nitrogens with zero attached hydrogens (tertiary/aromatic N) is 2. The number of hydrogen-bond acceptors (Lipinski definition) is 8. The van der Waals surface area contributed by atoms with Crippen LogP contribution in [0, 0.1) is 0 Å². The molecule has 43 heavy (non-hydrogen) atoms. The molecule has 2 atom stereocenters. The fourth-order valence-electron chi connectivity index (χ4n) is 5.20. The van der Waals surface area contributed by atoms with Gasteiger partial charge in [0.2, 0.25) is 23.6 Å². The molecule has 3 aromatic rings. The van der Waals surface area contributed by atoms with Gasteiger partial charge >= 0.3 is 0 Å². The molecule has 13 heteroatoms. The number of carbonyl (C=O) groups excluding carboxylic acids is 6. The minimum Gasteiger partial charge on any atom is -0.383 e. The molecule has 0 bridgehead atoms. The molecule has 0 spiro atoms. The first-order chi connectivity index (χ1) is 20.8. The standard InChI is InChI=1S/C30H28ClN5O6S/c31-16-24(38)35(26(22-10-5-15-43-22)28(40)33-17-18-6-2-1-3-7-18)14-13-32-20-9-4-8-19-25(20)30(42)36(29(19)41)21-11-12-23(37)34-27(21)39/h1-10,15,21,26,32H,11-14,16-17H2,(H,33,40)(H,34,37,39). The van der Waals surface area contributed by atoms with Crippen LogP contribution in [0.5, 0.6) is 0 Å². The number of halogens is 1. The number of piperidine rings is 1. The molecule has 1 fully saturated rings. The van der Waals surface area contributed by atoms with E-state index in [1.807, 2.05) is 35.7 Å². The van der Waals surface area contributed by atoms with Crippen molar-refractivity contribution in [2.45, 2.75) is 31.5 Å². The van der Waals surface area contributed by atoms with Crippen LogP contribution in [-0.2, 0) is 25.7 Å². The lowest BCUT2D eigenvalue weighted by atomic mass is 10.0. The van der Waals surface area contributed by atoms with Gasteiger partial charge in [-0.3, -0.25) is 39.0 Å². The van der Waals surface area contributed by atoms with E-state index in [2.05, 4.69) is 16.0 Å². The van der Waals surface area contributed by atoms with E-state index < -0.39 is 41.6 Å². The van der Waals surface area contributed by atoms with E-state index in [1.54, 1.807) is 24.3 Å².